The summed E-state index contributed by atoms with van der Waals surface area (Å²) in [5, 5.41) is 2.84. The van der Waals surface area contributed by atoms with E-state index in [9.17, 15) is 4.79 Å². The van der Waals surface area contributed by atoms with Crippen LogP contribution in [0.2, 0.25) is 0 Å². The van der Waals surface area contributed by atoms with Crippen LogP contribution in [-0.4, -0.2) is 25.7 Å². The van der Waals surface area contributed by atoms with Crippen molar-refractivity contribution in [3.05, 3.63) is 29.3 Å². The number of nitrogens with two attached hydrogens (primary N) is 1. The number of aryl methyl sites for hydroxylation is 1. The highest BCUT2D eigenvalue weighted by molar-refractivity contribution is 5.91. The molecule has 0 saturated heterocycles. The molecule has 0 spiro atoms. The molecule has 0 aliphatic rings. The smallest absolute Gasteiger partial charge is 0.226 e. The Morgan fingerprint density at radius 3 is 2.90 bits per heavy atom. The Balaban J connectivity index is 2.57. The lowest BCUT2D eigenvalue weighted by molar-refractivity contribution is -0.117. The van der Waals surface area contributed by atoms with Crippen molar-refractivity contribution in [2.75, 3.05) is 25.1 Å². The quantitative estimate of drug-likeness (QED) is 0.616. The normalized spacial score (nSPS) is 9.75. The van der Waals surface area contributed by atoms with Gasteiger partial charge in [0.2, 0.25) is 5.91 Å². The number of benzene rings is 1. The van der Waals surface area contributed by atoms with E-state index in [4.69, 9.17) is 10.5 Å². The molecule has 0 aromatic heterocycles. The molecule has 1 aromatic carbocycles. The van der Waals surface area contributed by atoms with Crippen molar-refractivity contribution in [3.63, 3.8) is 0 Å². The highest BCUT2D eigenvalue weighted by Crippen LogP contribution is 2.14. The van der Waals surface area contributed by atoms with Crippen LogP contribution in [0.15, 0.2) is 18.2 Å². The molecule has 1 amide bonds. The Morgan fingerprint density at radius 1 is 1.40 bits per heavy atom. The van der Waals surface area contributed by atoms with Gasteiger partial charge in [0.1, 0.15) is 0 Å². The van der Waals surface area contributed by atoms with E-state index in [0.29, 0.717) is 26.2 Å². The first kappa shape index (κ1) is 16.2. The number of amides is 1. The number of rotatable bonds is 6. The molecule has 4 heteroatoms. The summed E-state index contributed by atoms with van der Waals surface area (Å²) in [5.41, 5.74) is 8.06. The Hall–Kier alpha value is -1.83. The molecule has 0 atom stereocenters. The minimum absolute atomic E-state index is 0.0531. The van der Waals surface area contributed by atoms with E-state index in [0.717, 1.165) is 23.2 Å². The Bertz CT molecular complexity index is 501. The zero-order valence-electron chi connectivity index (χ0n) is 12.2. The number of anilines is 1. The van der Waals surface area contributed by atoms with Gasteiger partial charge in [0, 0.05) is 17.9 Å². The van der Waals surface area contributed by atoms with Crippen LogP contribution in [-0.2, 0) is 9.53 Å². The first-order valence-corrected chi connectivity index (χ1v) is 6.84. The maximum absolute atomic E-state index is 11.7. The lowest BCUT2D eigenvalue weighted by Crippen LogP contribution is -2.14. The lowest BCUT2D eigenvalue weighted by Gasteiger charge is -2.07. The maximum atomic E-state index is 11.7. The topological polar surface area (TPSA) is 64.3 Å². The van der Waals surface area contributed by atoms with Crippen LogP contribution in [0.4, 0.5) is 5.69 Å². The van der Waals surface area contributed by atoms with Crippen LogP contribution in [0, 0.1) is 18.8 Å². The maximum Gasteiger partial charge on any atom is 0.226 e. The van der Waals surface area contributed by atoms with Crippen molar-refractivity contribution in [2.24, 2.45) is 5.73 Å². The van der Waals surface area contributed by atoms with E-state index in [2.05, 4.69) is 17.2 Å². The molecule has 0 saturated carbocycles. The van der Waals surface area contributed by atoms with Crippen molar-refractivity contribution in [1.82, 2.24) is 0 Å². The summed E-state index contributed by atoms with van der Waals surface area (Å²) in [5.74, 6) is 5.76. The molecule has 0 unspecified atom stereocenters. The van der Waals surface area contributed by atoms with E-state index in [1.807, 2.05) is 32.0 Å². The summed E-state index contributed by atoms with van der Waals surface area (Å²) in [6.45, 7) is 5.48. The zero-order chi connectivity index (χ0) is 14.8. The summed E-state index contributed by atoms with van der Waals surface area (Å²) in [7, 11) is 0. The van der Waals surface area contributed by atoms with Gasteiger partial charge >= 0.3 is 0 Å². The van der Waals surface area contributed by atoms with Gasteiger partial charge in [0.25, 0.3) is 0 Å². The SMILES string of the molecule is CCCOCCC(=O)Nc1ccc(C)c(C#CCN)c1. The number of hydrogen-bond donors (Lipinski definition) is 2. The number of hydrogen-bond acceptors (Lipinski definition) is 3. The fourth-order valence-electron chi connectivity index (χ4n) is 1.62. The molecule has 0 fully saturated rings. The Kier molecular flexibility index (Phi) is 7.41. The largest absolute Gasteiger partial charge is 0.381 e. The van der Waals surface area contributed by atoms with Crippen LogP contribution in [0.3, 0.4) is 0 Å². The molecule has 108 valence electrons. The van der Waals surface area contributed by atoms with Crippen LogP contribution < -0.4 is 11.1 Å². The van der Waals surface area contributed by atoms with E-state index < -0.39 is 0 Å². The second-order valence-electron chi connectivity index (χ2n) is 4.45. The molecule has 0 aliphatic heterocycles. The Morgan fingerprint density at radius 2 is 2.20 bits per heavy atom. The summed E-state index contributed by atoms with van der Waals surface area (Å²) in [6, 6.07) is 5.67. The van der Waals surface area contributed by atoms with Gasteiger partial charge in [-0.2, -0.15) is 0 Å². The summed E-state index contributed by atoms with van der Waals surface area (Å²) < 4.78 is 5.29. The van der Waals surface area contributed by atoms with Gasteiger partial charge in [-0.1, -0.05) is 24.8 Å². The number of nitrogens with one attached hydrogen (secondary N) is 1. The number of carbonyl (C=O) groups is 1. The van der Waals surface area contributed by atoms with Gasteiger partial charge in [-0.15, -0.1) is 0 Å². The van der Waals surface area contributed by atoms with E-state index in [1.54, 1.807) is 0 Å². The van der Waals surface area contributed by atoms with Crippen molar-refractivity contribution in [1.29, 1.82) is 0 Å². The third kappa shape index (κ3) is 5.87. The number of carbonyl (C=O) groups excluding carboxylic acids is 1. The van der Waals surface area contributed by atoms with Gasteiger partial charge in [-0.05, 0) is 31.0 Å². The van der Waals surface area contributed by atoms with Gasteiger partial charge in [-0.3, -0.25) is 4.79 Å². The molecule has 20 heavy (non-hydrogen) atoms. The molecule has 1 aromatic rings. The minimum atomic E-state index is -0.0531. The van der Waals surface area contributed by atoms with Gasteiger partial charge < -0.3 is 15.8 Å². The second kappa shape index (κ2) is 9.13. The van der Waals surface area contributed by atoms with Crippen molar-refractivity contribution in [3.8, 4) is 11.8 Å². The predicted molar refractivity (Wildman–Crippen MR) is 81.5 cm³/mol. The monoisotopic (exact) mass is 274 g/mol. The lowest BCUT2D eigenvalue weighted by atomic mass is 10.1. The highest BCUT2D eigenvalue weighted by atomic mass is 16.5. The van der Waals surface area contributed by atoms with E-state index in [-0.39, 0.29) is 5.91 Å². The minimum Gasteiger partial charge on any atom is -0.381 e. The second-order valence-corrected chi connectivity index (χ2v) is 4.45. The molecular weight excluding hydrogens is 252 g/mol. The van der Waals surface area contributed by atoms with Crippen LogP contribution >= 0.6 is 0 Å². The molecule has 1 rings (SSSR count). The summed E-state index contributed by atoms with van der Waals surface area (Å²) >= 11 is 0. The molecule has 4 nitrogen and oxygen atoms in total. The third-order valence-electron chi connectivity index (χ3n) is 2.67. The summed E-state index contributed by atoms with van der Waals surface area (Å²) in [4.78, 5) is 11.7. The molecule has 0 aliphatic carbocycles. The fourth-order valence-corrected chi connectivity index (χ4v) is 1.62. The van der Waals surface area contributed by atoms with Gasteiger partial charge in [0.15, 0.2) is 0 Å². The molecule has 0 radical (unpaired) electrons. The van der Waals surface area contributed by atoms with Crippen molar-refractivity contribution >= 4 is 11.6 Å². The van der Waals surface area contributed by atoms with E-state index in [1.165, 1.54) is 0 Å². The fraction of sp³-hybridized carbons (Fsp3) is 0.438. The molecule has 0 bridgehead atoms. The average Bonchev–Trinajstić information content (AvgIpc) is 2.44. The van der Waals surface area contributed by atoms with Gasteiger partial charge in [0.05, 0.1) is 19.6 Å². The van der Waals surface area contributed by atoms with E-state index >= 15 is 0 Å². The Labute approximate surface area is 120 Å². The first-order chi connectivity index (χ1) is 9.67. The first-order valence-electron chi connectivity index (χ1n) is 6.84. The van der Waals surface area contributed by atoms with Crippen LogP contribution in [0.5, 0.6) is 0 Å². The van der Waals surface area contributed by atoms with Crippen molar-refractivity contribution < 1.29 is 9.53 Å². The molecule has 0 heterocycles. The van der Waals surface area contributed by atoms with Crippen molar-refractivity contribution in [2.45, 2.75) is 26.7 Å². The zero-order valence-corrected chi connectivity index (χ0v) is 12.2. The number of ether oxygens (including phenoxy) is 1. The molecule has 3 N–H and O–H groups in total. The van der Waals surface area contributed by atoms with Gasteiger partial charge in [-0.25, -0.2) is 0 Å². The standard InChI is InChI=1S/C16H22N2O2/c1-3-10-20-11-8-16(19)18-15-7-6-13(2)14(12-15)5-4-9-17/h6-7,12H,3,8-11,17H2,1-2H3,(H,18,19). The average molecular weight is 274 g/mol. The molecular formula is C16H22N2O2. The van der Waals surface area contributed by atoms with Crippen LogP contribution in [0.1, 0.15) is 30.9 Å². The highest BCUT2D eigenvalue weighted by Gasteiger charge is 2.04. The summed E-state index contributed by atoms with van der Waals surface area (Å²) in [6.07, 6.45) is 1.32. The predicted octanol–water partition coefficient (Wildman–Crippen LogP) is 2.06. The van der Waals surface area contributed by atoms with Crippen LogP contribution in [0.25, 0.3) is 0 Å². The third-order valence-corrected chi connectivity index (χ3v) is 2.67.